The van der Waals surface area contributed by atoms with Gasteiger partial charge in [-0.3, -0.25) is 9.36 Å². The molecule has 0 aliphatic heterocycles. The minimum atomic E-state index is -4.65. The maximum atomic E-state index is 13.0. The number of rotatable bonds is 3. The van der Waals surface area contributed by atoms with E-state index < -0.39 is 40.1 Å². The Balaban J connectivity index is 2.89. The molecule has 0 saturated carbocycles. The van der Waals surface area contributed by atoms with Gasteiger partial charge in [-0.1, -0.05) is 20.8 Å². The first-order valence-corrected chi connectivity index (χ1v) is 8.00. The summed E-state index contributed by atoms with van der Waals surface area (Å²) in [5, 5.41) is 10.1. The molecule has 1 aromatic heterocycles. The summed E-state index contributed by atoms with van der Waals surface area (Å²) < 4.78 is 44.9. The van der Waals surface area contributed by atoms with Crippen LogP contribution in [0, 0.1) is 5.41 Å². The summed E-state index contributed by atoms with van der Waals surface area (Å²) in [6.45, 7) is 7.07. The summed E-state index contributed by atoms with van der Waals surface area (Å²) >= 11 is 0. The van der Waals surface area contributed by atoms with E-state index in [4.69, 9.17) is 4.74 Å². The number of nitrogens with zero attached hydrogens (tertiary/aromatic N) is 1. The van der Waals surface area contributed by atoms with Gasteiger partial charge in [0.25, 0.3) is 5.56 Å². The van der Waals surface area contributed by atoms with Crippen LogP contribution in [0.15, 0.2) is 23.0 Å². The van der Waals surface area contributed by atoms with Crippen molar-refractivity contribution >= 4 is 16.7 Å². The van der Waals surface area contributed by atoms with Crippen LogP contribution in [0.1, 0.15) is 43.7 Å². The maximum absolute atomic E-state index is 13.0. The monoisotopic (exact) mass is 371 g/mol. The van der Waals surface area contributed by atoms with Crippen molar-refractivity contribution in [2.75, 3.05) is 6.61 Å². The first kappa shape index (κ1) is 19.8. The van der Waals surface area contributed by atoms with Crippen LogP contribution in [0.25, 0.3) is 10.8 Å². The largest absolute Gasteiger partial charge is 0.505 e. The molecule has 0 bridgehead atoms. The van der Waals surface area contributed by atoms with Crippen molar-refractivity contribution in [1.29, 1.82) is 0 Å². The predicted molar refractivity (Wildman–Crippen MR) is 90.3 cm³/mol. The van der Waals surface area contributed by atoms with E-state index in [0.29, 0.717) is 6.07 Å². The van der Waals surface area contributed by atoms with Crippen LogP contribution in [-0.2, 0) is 17.5 Å². The molecule has 1 aromatic carbocycles. The van der Waals surface area contributed by atoms with Gasteiger partial charge in [0, 0.05) is 11.9 Å². The van der Waals surface area contributed by atoms with E-state index >= 15 is 0 Å². The average Bonchev–Trinajstić information content (AvgIpc) is 2.50. The molecule has 8 heteroatoms. The second kappa shape index (κ2) is 6.66. The predicted octanol–water partition coefficient (Wildman–Crippen LogP) is 3.95. The highest BCUT2D eigenvalue weighted by Gasteiger charge is 2.32. The number of ether oxygens (including phenoxy) is 1. The fraction of sp³-hybridized carbons (Fsp3) is 0.444. The SMILES string of the molecule is CCOC(=O)c1c(O)c2cc(C(F)(F)F)ccc2c(=O)n1CC(C)(C)C. The Kier molecular flexibility index (Phi) is 5.07. The summed E-state index contributed by atoms with van der Waals surface area (Å²) in [7, 11) is 0. The van der Waals surface area contributed by atoms with E-state index in [9.17, 15) is 27.9 Å². The Bertz CT molecular complexity index is 908. The Morgan fingerprint density at radius 2 is 1.81 bits per heavy atom. The van der Waals surface area contributed by atoms with Gasteiger partial charge in [0.1, 0.15) is 0 Å². The molecule has 1 heterocycles. The van der Waals surface area contributed by atoms with Gasteiger partial charge in [-0.05, 0) is 30.5 Å². The number of carbonyl (C=O) groups excluding carboxylic acids is 1. The molecule has 0 unspecified atom stereocenters. The number of alkyl halides is 3. The number of benzene rings is 1. The van der Waals surface area contributed by atoms with Crippen LogP contribution in [0.4, 0.5) is 13.2 Å². The molecule has 0 saturated heterocycles. The Labute approximate surface area is 148 Å². The van der Waals surface area contributed by atoms with E-state index in [0.717, 1.165) is 16.7 Å². The lowest BCUT2D eigenvalue weighted by Crippen LogP contribution is -2.32. The van der Waals surface area contributed by atoms with Crippen LogP contribution in [0.2, 0.25) is 0 Å². The maximum Gasteiger partial charge on any atom is 0.416 e. The van der Waals surface area contributed by atoms with E-state index in [-0.39, 0.29) is 23.9 Å². The third-order valence-corrected chi connectivity index (χ3v) is 3.67. The van der Waals surface area contributed by atoms with Crippen molar-refractivity contribution < 1.29 is 27.8 Å². The summed E-state index contributed by atoms with van der Waals surface area (Å²) in [6, 6.07) is 2.44. The zero-order valence-electron chi connectivity index (χ0n) is 14.9. The highest BCUT2D eigenvalue weighted by molar-refractivity contribution is 5.99. The number of fused-ring (bicyclic) bond motifs is 1. The molecule has 1 N–H and O–H groups in total. The molecular formula is C18H20F3NO4. The number of esters is 1. The average molecular weight is 371 g/mol. The Morgan fingerprint density at radius 3 is 2.31 bits per heavy atom. The first-order chi connectivity index (χ1) is 11.9. The summed E-state index contributed by atoms with van der Waals surface area (Å²) in [5.41, 5.74) is -2.57. The van der Waals surface area contributed by atoms with Crippen molar-refractivity contribution in [3.05, 3.63) is 39.8 Å². The first-order valence-electron chi connectivity index (χ1n) is 8.00. The van der Waals surface area contributed by atoms with E-state index in [1.54, 1.807) is 6.92 Å². The number of hydrogen-bond acceptors (Lipinski definition) is 4. The molecule has 5 nitrogen and oxygen atoms in total. The van der Waals surface area contributed by atoms with Crippen LogP contribution in [-0.4, -0.2) is 22.2 Å². The van der Waals surface area contributed by atoms with E-state index in [1.807, 2.05) is 20.8 Å². The highest BCUT2D eigenvalue weighted by Crippen LogP contribution is 2.35. The second-order valence-corrected chi connectivity index (χ2v) is 7.13. The lowest BCUT2D eigenvalue weighted by Gasteiger charge is -2.23. The number of aromatic hydroxyl groups is 1. The molecule has 2 aromatic rings. The number of halogens is 3. The smallest absolute Gasteiger partial charge is 0.416 e. The topological polar surface area (TPSA) is 68.5 Å². The fourth-order valence-electron chi connectivity index (χ4n) is 2.64. The molecule has 142 valence electrons. The van der Waals surface area contributed by atoms with Gasteiger partial charge >= 0.3 is 12.1 Å². The highest BCUT2D eigenvalue weighted by atomic mass is 19.4. The number of hydrogen-bond donors (Lipinski definition) is 1. The quantitative estimate of drug-likeness (QED) is 0.830. The zero-order valence-corrected chi connectivity index (χ0v) is 14.9. The summed E-state index contributed by atoms with van der Waals surface area (Å²) in [5.74, 6) is -1.67. The molecule has 0 atom stereocenters. The minimum absolute atomic E-state index is 0.0113. The fourth-order valence-corrected chi connectivity index (χ4v) is 2.64. The van der Waals surface area contributed by atoms with Crippen molar-refractivity contribution in [2.45, 2.75) is 40.4 Å². The van der Waals surface area contributed by atoms with Crippen molar-refractivity contribution in [3.63, 3.8) is 0 Å². The standard InChI is InChI=1S/C18H20F3NO4/c1-5-26-16(25)13-14(23)12-8-10(18(19,20)21)6-7-11(12)15(24)22(13)9-17(2,3)4/h6-8,23H,5,9H2,1-4H3. The van der Waals surface area contributed by atoms with Crippen molar-refractivity contribution in [3.8, 4) is 5.75 Å². The normalized spacial score (nSPS) is 12.4. The van der Waals surface area contributed by atoms with Gasteiger partial charge in [-0.15, -0.1) is 0 Å². The molecule has 0 spiro atoms. The van der Waals surface area contributed by atoms with Gasteiger partial charge < -0.3 is 9.84 Å². The van der Waals surface area contributed by atoms with Gasteiger partial charge in [0.15, 0.2) is 11.4 Å². The van der Waals surface area contributed by atoms with Crippen molar-refractivity contribution in [2.24, 2.45) is 5.41 Å². The molecular weight excluding hydrogens is 351 g/mol. The van der Waals surface area contributed by atoms with Gasteiger partial charge in [0.2, 0.25) is 0 Å². The third-order valence-electron chi connectivity index (χ3n) is 3.67. The molecule has 26 heavy (non-hydrogen) atoms. The molecule has 0 fully saturated rings. The minimum Gasteiger partial charge on any atom is -0.505 e. The molecule has 0 radical (unpaired) electrons. The van der Waals surface area contributed by atoms with Gasteiger partial charge in [-0.2, -0.15) is 13.2 Å². The number of aromatic nitrogens is 1. The molecule has 0 amide bonds. The zero-order chi connectivity index (χ0) is 19.9. The van der Waals surface area contributed by atoms with Crippen LogP contribution in [0.5, 0.6) is 5.75 Å². The molecule has 0 aliphatic rings. The Hall–Kier alpha value is -2.51. The third kappa shape index (κ3) is 3.84. The van der Waals surface area contributed by atoms with Crippen LogP contribution < -0.4 is 5.56 Å². The lowest BCUT2D eigenvalue weighted by atomic mass is 9.96. The van der Waals surface area contributed by atoms with E-state index in [1.165, 1.54) is 0 Å². The number of pyridine rings is 1. The Morgan fingerprint density at radius 1 is 1.19 bits per heavy atom. The molecule has 0 aliphatic carbocycles. The van der Waals surface area contributed by atoms with Crippen molar-refractivity contribution in [1.82, 2.24) is 4.57 Å². The molecule has 2 rings (SSSR count). The summed E-state index contributed by atoms with van der Waals surface area (Å²) in [6.07, 6.45) is -4.65. The van der Waals surface area contributed by atoms with Crippen LogP contribution in [0.3, 0.4) is 0 Å². The van der Waals surface area contributed by atoms with Gasteiger partial charge in [-0.25, -0.2) is 4.79 Å². The number of carbonyl (C=O) groups is 1. The lowest BCUT2D eigenvalue weighted by molar-refractivity contribution is -0.137. The van der Waals surface area contributed by atoms with Crippen LogP contribution >= 0.6 is 0 Å². The van der Waals surface area contributed by atoms with Gasteiger partial charge in [0.05, 0.1) is 17.6 Å². The second-order valence-electron chi connectivity index (χ2n) is 7.13. The van der Waals surface area contributed by atoms with E-state index in [2.05, 4.69) is 0 Å². The summed E-state index contributed by atoms with van der Waals surface area (Å²) in [4.78, 5) is 25.1.